The van der Waals surface area contributed by atoms with Gasteiger partial charge in [-0.15, -0.1) is 0 Å². The van der Waals surface area contributed by atoms with Crippen molar-refractivity contribution in [3.05, 3.63) is 46.7 Å². The molecule has 2 rings (SSSR count). The van der Waals surface area contributed by atoms with Gasteiger partial charge in [-0.2, -0.15) is 5.10 Å². The Morgan fingerprint density at radius 1 is 1.50 bits per heavy atom. The van der Waals surface area contributed by atoms with Crippen LogP contribution in [0.1, 0.15) is 16.2 Å². The number of carbonyl (C=O) groups excluding carboxylic acids is 1. The molecule has 0 spiro atoms. The van der Waals surface area contributed by atoms with E-state index >= 15 is 0 Å². The van der Waals surface area contributed by atoms with E-state index in [1.54, 1.807) is 22.9 Å². The molecule has 0 saturated heterocycles. The van der Waals surface area contributed by atoms with Crippen LogP contribution < -0.4 is 5.32 Å². The predicted octanol–water partition coefficient (Wildman–Crippen LogP) is 1.57. The third kappa shape index (κ3) is 4.07. The Morgan fingerprint density at radius 2 is 2.27 bits per heavy atom. The Morgan fingerprint density at radius 3 is 2.95 bits per heavy atom. The SMILES string of the molecule is COCC(O)CNC(=O)c1cc(C)n(-c2cccc(Cl)c2)n1. The molecule has 1 aromatic heterocycles. The average Bonchev–Trinajstić information content (AvgIpc) is 2.87. The summed E-state index contributed by atoms with van der Waals surface area (Å²) in [6.07, 6.45) is -0.745. The minimum Gasteiger partial charge on any atom is -0.389 e. The fourth-order valence-electron chi connectivity index (χ4n) is 2.01. The molecule has 0 radical (unpaired) electrons. The van der Waals surface area contributed by atoms with Gasteiger partial charge in [-0.3, -0.25) is 4.79 Å². The molecule has 1 atom stereocenters. The lowest BCUT2D eigenvalue weighted by Crippen LogP contribution is -2.34. The first-order chi connectivity index (χ1) is 10.5. The van der Waals surface area contributed by atoms with Crippen molar-refractivity contribution in [2.45, 2.75) is 13.0 Å². The summed E-state index contributed by atoms with van der Waals surface area (Å²) in [7, 11) is 1.49. The van der Waals surface area contributed by atoms with Gasteiger partial charge in [0.1, 0.15) is 0 Å². The first-order valence-corrected chi connectivity index (χ1v) is 7.17. The van der Waals surface area contributed by atoms with E-state index < -0.39 is 6.10 Å². The quantitative estimate of drug-likeness (QED) is 0.846. The maximum Gasteiger partial charge on any atom is 0.271 e. The number of benzene rings is 1. The number of aromatic nitrogens is 2. The zero-order valence-electron chi connectivity index (χ0n) is 12.4. The zero-order valence-corrected chi connectivity index (χ0v) is 13.2. The van der Waals surface area contributed by atoms with Crippen LogP contribution >= 0.6 is 11.6 Å². The highest BCUT2D eigenvalue weighted by Gasteiger charge is 2.14. The topological polar surface area (TPSA) is 76.4 Å². The number of nitrogens with one attached hydrogen (secondary N) is 1. The van der Waals surface area contributed by atoms with Gasteiger partial charge in [-0.1, -0.05) is 17.7 Å². The van der Waals surface area contributed by atoms with Crippen molar-refractivity contribution in [3.8, 4) is 5.69 Å². The molecule has 0 aliphatic heterocycles. The largest absolute Gasteiger partial charge is 0.389 e. The number of carbonyl (C=O) groups is 1. The zero-order chi connectivity index (χ0) is 16.1. The molecule has 7 heteroatoms. The van der Waals surface area contributed by atoms with Gasteiger partial charge in [0.25, 0.3) is 5.91 Å². The van der Waals surface area contributed by atoms with Crippen molar-refractivity contribution in [2.75, 3.05) is 20.3 Å². The fraction of sp³-hybridized carbons (Fsp3) is 0.333. The van der Waals surface area contributed by atoms with Gasteiger partial charge in [0.15, 0.2) is 5.69 Å². The number of ether oxygens (including phenoxy) is 1. The number of hydrogen-bond donors (Lipinski definition) is 2. The summed E-state index contributed by atoms with van der Waals surface area (Å²) >= 11 is 5.97. The van der Waals surface area contributed by atoms with E-state index in [0.29, 0.717) is 5.02 Å². The molecule has 0 saturated carbocycles. The van der Waals surface area contributed by atoms with Gasteiger partial charge in [-0.05, 0) is 31.2 Å². The summed E-state index contributed by atoms with van der Waals surface area (Å²) < 4.78 is 6.45. The summed E-state index contributed by atoms with van der Waals surface area (Å²) in [5, 5.41) is 17.0. The maximum atomic E-state index is 12.1. The molecule has 6 nitrogen and oxygen atoms in total. The molecule has 0 aliphatic carbocycles. The molecule has 1 heterocycles. The molecule has 118 valence electrons. The normalized spacial score (nSPS) is 12.2. The van der Waals surface area contributed by atoms with Gasteiger partial charge >= 0.3 is 0 Å². The van der Waals surface area contributed by atoms with E-state index in [1.807, 2.05) is 19.1 Å². The second-order valence-corrected chi connectivity index (χ2v) is 5.32. The van der Waals surface area contributed by atoms with Crippen LogP contribution in [0.2, 0.25) is 5.02 Å². The van der Waals surface area contributed by atoms with Gasteiger partial charge in [-0.25, -0.2) is 4.68 Å². The Bertz CT molecular complexity index is 657. The number of aryl methyl sites for hydroxylation is 1. The van der Waals surface area contributed by atoms with Crippen molar-refractivity contribution in [1.82, 2.24) is 15.1 Å². The molecular formula is C15H18ClN3O3. The molecule has 1 amide bonds. The van der Waals surface area contributed by atoms with Crippen LogP contribution in [0.3, 0.4) is 0 Å². The van der Waals surface area contributed by atoms with E-state index in [4.69, 9.17) is 16.3 Å². The number of amides is 1. The molecular weight excluding hydrogens is 306 g/mol. The molecule has 0 bridgehead atoms. The molecule has 0 aliphatic rings. The number of rotatable bonds is 6. The Balaban J connectivity index is 2.11. The monoisotopic (exact) mass is 323 g/mol. The number of nitrogens with zero attached hydrogens (tertiary/aromatic N) is 2. The second-order valence-electron chi connectivity index (χ2n) is 4.88. The third-order valence-electron chi connectivity index (χ3n) is 3.03. The standard InChI is InChI=1S/C15H18ClN3O3/c1-10-6-14(15(21)17-8-13(20)9-22-2)18-19(10)12-5-3-4-11(16)7-12/h3-7,13,20H,8-9H2,1-2H3,(H,17,21). The molecule has 2 aromatic rings. The van der Waals surface area contributed by atoms with Crippen molar-refractivity contribution < 1.29 is 14.6 Å². The van der Waals surface area contributed by atoms with Gasteiger partial charge in [0, 0.05) is 24.4 Å². The van der Waals surface area contributed by atoms with Crippen molar-refractivity contribution >= 4 is 17.5 Å². The van der Waals surface area contributed by atoms with Gasteiger partial charge in [0.05, 0.1) is 18.4 Å². The van der Waals surface area contributed by atoms with E-state index in [1.165, 1.54) is 7.11 Å². The third-order valence-corrected chi connectivity index (χ3v) is 3.27. The summed E-state index contributed by atoms with van der Waals surface area (Å²) in [6.45, 7) is 2.12. The van der Waals surface area contributed by atoms with Gasteiger partial charge in [0.2, 0.25) is 0 Å². The van der Waals surface area contributed by atoms with Crippen molar-refractivity contribution in [2.24, 2.45) is 0 Å². The van der Waals surface area contributed by atoms with Crippen LogP contribution in [0.25, 0.3) is 5.69 Å². The summed E-state index contributed by atoms with van der Waals surface area (Å²) in [6, 6.07) is 8.90. The second kappa shape index (κ2) is 7.40. The number of methoxy groups -OCH3 is 1. The van der Waals surface area contributed by atoms with E-state index in [9.17, 15) is 9.90 Å². The van der Waals surface area contributed by atoms with Crippen LogP contribution in [0, 0.1) is 6.92 Å². The molecule has 0 fully saturated rings. The van der Waals surface area contributed by atoms with Crippen molar-refractivity contribution in [3.63, 3.8) is 0 Å². The number of hydrogen-bond acceptors (Lipinski definition) is 4. The lowest BCUT2D eigenvalue weighted by molar-refractivity contribution is 0.0608. The number of halogens is 1. The first kappa shape index (κ1) is 16.5. The van der Waals surface area contributed by atoms with Crippen LogP contribution in [0.4, 0.5) is 0 Å². The maximum absolute atomic E-state index is 12.1. The minimum absolute atomic E-state index is 0.107. The lowest BCUT2D eigenvalue weighted by atomic mass is 10.3. The van der Waals surface area contributed by atoms with Crippen LogP contribution in [-0.2, 0) is 4.74 Å². The number of aliphatic hydroxyl groups excluding tert-OH is 1. The Labute approximate surface area is 133 Å². The smallest absolute Gasteiger partial charge is 0.271 e. The Hall–Kier alpha value is -1.89. The molecule has 1 aromatic carbocycles. The molecule has 1 unspecified atom stereocenters. The molecule has 22 heavy (non-hydrogen) atoms. The summed E-state index contributed by atoms with van der Waals surface area (Å²) in [4.78, 5) is 12.1. The fourth-order valence-corrected chi connectivity index (χ4v) is 2.19. The van der Waals surface area contributed by atoms with Crippen molar-refractivity contribution in [1.29, 1.82) is 0 Å². The highest BCUT2D eigenvalue weighted by atomic mass is 35.5. The summed E-state index contributed by atoms with van der Waals surface area (Å²) in [5.74, 6) is -0.348. The van der Waals surface area contributed by atoms with E-state index in [2.05, 4.69) is 10.4 Å². The highest BCUT2D eigenvalue weighted by Crippen LogP contribution is 2.16. The van der Waals surface area contributed by atoms with Crippen LogP contribution in [0.15, 0.2) is 30.3 Å². The van der Waals surface area contributed by atoms with E-state index in [-0.39, 0.29) is 24.8 Å². The number of aliphatic hydroxyl groups is 1. The van der Waals surface area contributed by atoms with E-state index in [0.717, 1.165) is 11.4 Å². The first-order valence-electron chi connectivity index (χ1n) is 6.79. The average molecular weight is 324 g/mol. The minimum atomic E-state index is -0.745. The van der Waals surface area contributed by atoms with Crippen LogP contribution in [0.5, 0.6) is 0 Å². The Kier molecular flexibility index (Phi) is 5.54. The van der Waals surface area contributed by atoms with Gasteiger partial charge < -0.3 is 15.2 Å². The highest BCUT2D eigenvalue weighted by molar-refractivity contribution is 6.30. The summed E-state index contributed by atoms with van der Waals surface area (Å²) in [5.41, 5.74) is 1.87. The molecule has 2 N–H and O–H groups in total. The van der Waals surface area contributed by atoms with Crippen LogP contribution in [-0.4, -0.2) is 47.2 Å². The predicted molar refractivity (Wildman–Crippen MR) is 83.5 cm³/mol. The lowest BCUT2D eigenvalue weighted by Gasteiger charge is -2.09.